The van der Waals surface area contributed by atoms with Crippen LogP contribution in [0.4, 0.5) is 0 Å². The molecule has 4 heteroatoms. The molecule has 0 aromatic carbocycles. The number of hydrogen-bond donors (Lipinski definition) is 1. The van der Waals surface area contributed by atoms with E-state index in [1.807, 2.05) is 18.7 Å². The van der Waals surface area contributed by atoms with E-state index >= 15 is 0 Å². The van der Waals surface area contributed by atoms with Gasteiger partial charge in [0.25, 0.3) is 0 Å². The number of hydrogen-bond acceptors (Lipinski definition) is 2. The van der Waals surface area contributed by atoms with Crippen LogP contribution in [0.3, 0.4) is 0 Å². The lowest BCUT2D eigenvalue weighted by atomic mass is 10.1. The molecule has 1 saturated heterocycles. The summed E-state index contributed by atoms with van der Waals surface area (Å²) in [7, 11) is 0. The van der Waals surface area contributed by atoms with E-state index in [2.05, 4.69) is 5.32 Å². The molecule has 0 spiro atoms. The van der Waals surface area contributed by atoms with Crippen molar-refractivity contribution >= 4 is 11.8 Å². The Morgan fingerprint density at radius 1 is 1.06 bits per heavy atom. The third-order valence-corrected chi connectivity index (χ3v) is 2.92. The Morgan fingerprint density at radius 2 is 1.62 bits per heavy atom. The molecule has 1 N–H and O–H groups in total. The van der Waals surface area contributed by atoms with Gasteiger partial charge in [-0.2, -0.15) is 0 Å². The van der Waals surface area contributed by atoms with E-state index < -0.39 is 6.04 Å². The number of amides is 2. The summed E-state index contributed by atoms with van der Waals surface area (Å²) >= 11 is 0. The first kappa shape index (κ1) is 13.0. The Bertz CT molecular complexity index is 258. The molecular weight excluding hydrogens is 204 g/mol. The fourth-order valence-corrected chi connectivity index (χ4v) is 1.83. The maximum absolute atomic E-state index is 12.0. The summed E-state index contributed by atoms with van der Waals surface area (Å²) in [6.45, 7) is 7.08. The zero-order valence-corrected chi connectivity index (χ0v) is 10.5. The predicted octanol–water partition coefficient (Wildman–Crippen LogP) is 1.16. The van der Waals surface area contributed by atoms with Crippen LogP contribution in [0.1, 0.15) is 40.0 Å². The Morgan fingerprint density at radius 3 is 2.12 bits per heavy atom. The standard InChI is InChI=1S/C12H22N2O2/c1-9(2)11(15)13-10(3)12(16)14-7-5-4-6-8-14/h9-10H,4-8H2,1-3H3,(H,13,15)/t10-/m0/s1. The first-order chi connectivity index (χ1) is 7.52. The molecule has 0 aromatic rings. The fourth-order valence-electron chi connectivity index (χ4n) is 1.83. The quantitative estimate of drug-likeness (QED) is 0.785. The van der Waals surface area contributed by atoms with Crippen molar-refractivity contribution in [1.82, 2.24) is 10.2 Å². The van der Waals surface area contributed by atoms with Crippen molar-refractivity contribution in [3.63, 3.8) is 0 Å². The van der Waals surface area contributed by atoms with E-state index in [0.717, 1.165) is 25.9 Å². The number of carbonyl (C=O) groups is 2. The number of carbonyl (C=O) groups excluding carboxylic acids is 2. The van der Waals surface area contributed by atoms with Crippen molar-refractivity contribution in [3.8, 4) is 0 Å². The van der Waals surface area contributed by atoms with Gasteiger partial charge in [0, 0.05) is 19.0 Å². The Balaban J connectivity index is 2.43. The van der Waals surface area contributed by atoms with E-state index in [-0.39, 0.29) is 17.7 Å². The summed E-state index contributed by atoms with van der Waals surface area (Å²) in [4.78, 5) is 25.3. The van der Waals surface area contributed by atoms with Crippen molar-refractivity contribution in [2.45, 2.75) is 46.1 Å². The summed E-state index contributed by atoms with van der Waals surface area (Å²) in [6.07, 6.45) is 3.36. The van der Waals surface area contributed by atoms with Crippen molar-refractivity contribution < 1.29 is 9.59 Å². The average molecular weight is 226 g/mol. The second-order valence-electron chi connectivity index (χ2n) is 4.77. The van der Waals surface area contributed by atoms with Gasteiger partial charge in [-0.25, -0.2) is 0 Å². The van der Waals surface area contributed by atoms with Crippen LogP contribution in [0.5, 0.6) is 0 Å². The maximum atomic E-state index is 12.0. The van der Waals surface area contributed by atoms with E-state index in [1.165, 1.54) is 6.42 Å². The van der Waals surface area contributed by atoms with Crippen LogP contribution in [-0.2, 0) is 9.59 Å². The summed E-state index contributed by atoms with van der Waals surface area (Å²) in [5.74, 6) is -0.0804. The minimum Gasteiger partial charge on any atom is -0.344 e. The molecule has 1 aliphatic rings. The van der Waals surface area contributed by atoms with Crippen LogP contribution in [0.25, 0.3) is 0 Å². The summed E-state index contributed by atoms with van der Waals surface area (Å²) in [5, 5.41) is 2.75. The smallest absolute Gasteiger partial charge is 0.244 e. The third-order valence-electron chi connectivity index (χ3n) is 2.92. The lowest BCUT2D eigenvalue weighted by Gasteiger charge is -2.29. The lowest BCUT2D eigenvalue weighted by molar-refractivity contribution is -0.137. The predicted molar refractivity (Wildman–Crippen MR) is 62.9 cm³/mol. The summed E-state index contributed by atoms with van der Waals surface area (Å²) in [6, 6.07) is -0.395. The zero-order valence-electron chi connectivity index (χ0n) is 10.5. The van der Waals surface area contributed by atoms with Gasteiger partial charge in [0.15, 0.2) is 0 Å². The van der Waals surface area contributed by atoms with Gasteiger partial charge in [0.05, 0.1) is 0 Å². The maximum Gasteiger partial charge on any atom is 0.244 e. The monoisotopic (exact) mass is 226 g/mol. The number of likely N-dealkylation sites (tertiary alicyclic amines) is 1. The van der Waals surface area contributed by atoms with E-state index in [0.29, 0.717) is 0 Å². The number of piperidine rings is 1. The minimum absolute atomic E-state index is 0.0497. The zero-order chi connectivity index (χ0) is 12.1. The van der Waals surface area contributed by atoms with E-state index in [1.54, 1.807) is 6.92 Å². The van der Waals surface area contributed by atoms with Crippen LogP contribution >= 0.6 is 0 Å². The molecule has 1 atom stereocenters. The largest absolute Gasteiger partial charge is 0.344 e. The molecule has 1 fully saturated rings. The molecule has 0 aromatic heterocycles. The molecule has 0 radical (unpaired) electrons. The van der Waals surface area contributed by atoms with Gasteiger partial charge >= 0.3 is 0 Å². The number of nitrogens with zero attached hydrogens (tertiary/aromatic N) is 1. The average Bonchev–Trinajstić information content (AvgIpc) is 2.28. The molecule has 1 heterocycles. The van der Waals surface area contributed by atoms with Gasteiger partial charge < -0.3 is 10.2 Å². The Kier molecular flexibility index (Phi) is 4.77. The summed E-state index contributed by atoms with van der Waals surface area (Å²) in [5.41, 5.74) is 0. The molecule has 0 aliphatic carbocycles. The molecule has 4 nitrogen and oxygen atoms in total. The SMILES string of the molecule is CC(C)C(=O)N[C@@H](C)C(=O)N1CCCCC1. The van der Waals surface area contributed by atoms with Crippen LogP contribution < -0.4 is 5.32 Å². The van der Waals surface area contributed by atoms with Crippen molar-refractivity contribution in [2.75, 3.05) is 13.1 Å². The van der Waals surface area contributed by atoms with E-state index in [4.69, 9.17) is 0 Å². The van der Waals surface area contributed by atoms with Crippen LogP contribution in [-0.4, -0.2) is 35.8 Å². The number of nitrogens with one attached hydrogen (secondary N) is 1. The molecular formula is C12H22N2O2. The second-order valence-corrected chi connectivity index (χ2v) is 4.77. The second kappa shape index (κ2) is 5.87. The highest BCUT2D eigenvalue weighted by molar-refractivity contribution is 5.87. The highest BCUT2D eigenvalue weighted by atomic mass is 16.2. The summed E-state index contributed by atoms with van der Waals surface area (Å²) < 4.78 is 0. The molecule has 1 rings (SSSR count). The molecule has 16 heavy (non-hydrogen) atoms. The van der Waals surface area contributed by atoms with Crippen LogP contribution in [0.2, 0.25) is 0 Å². The van der Waals surface area contributed by atoms with Gasteiger partial charge in [0.2, 0.25) is 11.8 Å². The number of rotatable bonds is 3. The lowest BCUT2D eigenvalue weighted by Crippen LogP contribution is -2.49. The molecule has 92 valence electrons. The van der Waals surface area contributed by atoms with Gasteiger partial charge in [-0.3, -0.25) is 9.59 Å². The first-order valence-corrected chi connectivity index (χ1v) is 6.11. The Labute approximate surface area is 97.4 Å². The molecule has 1 aliphatic heterocycles. The topological polar surface area (TPSA) is 49.4 Å². The van der Waals surface area contributed by atoms with Crippen molar-refractivity contribution in [3.05, 3.63) is 0 Å². The van der Waals surface area contributed by atoms with Gasteiger partial charge in [-0.1, -0.05) is 13.8 Å². The molecule has 2 amide bonds. The van der Waals surface area contributed by atoms with Gasteiger partial charge in [-0.15, -0.1) is 0 Å². The Hall–Kier alpha value is -1.06. The first-order valence-electron chi connectivity index (χ1n) is 6.11. The fraction of sp³-hybridized carbons (Fsp3) is 0.833. The minimum atomic E-state index is -0.395. The highest BCUT2D eigenvalue weighted by Gasteiger charge is 2.23. The molecule has 0 bridgehead atoms. The highest BCUT2D eigenvalue weighted by Crippen LogP contribution is 2.10. The molecule has 0 saturated carbocycles. The third kappa shape index (κ3) is 3.51. The van der Waals surface area contributed by atoms with Crippen molar-refractivity contribution in [2.24, 2.45) is 5.92 Å². The van der Waals surface area contributed by atoms with Crippen molar-refractivity contribution in [1.29, 1.82) is 0 Å². The van der Waals surface area contributed by atoms with Crippen LogP contribution in [0.15, 0.2) is 0 Å². The molecule has 0 unspecified atom stereocenters. The van der Waals surface area contributed by atoms with Gasteiger partial charge in [0.1, 0.15) is 6.04 Å². The van der Waals surface area contributed by atoms with E-state index in [9.17, 15) is 9.59 Å². The van der Waals surface area contributed by atoms with Gasteiger partial charge in [-0.05, 0) is 26.2 Å². The van der Waals surface area contributed by atoms with Crippen LogP contribution in [0, 0.1) is 5.92 Å². The normalized spacial score (nSPS) is 18.4.